The first-order valence-corrected chi connectivity index (χ1v) is 5.79. The van der Waals surface area contributed by atoms with Gasteiger partial charge in [-0.3, -0.25) is 0 Å². The first-order chi connectivity index (χ1) is 6.66. The standard InChI is InChI=1S/C9H6BrIN2O/c1-5-2-3-6(7(10)4-5)8-12-13-9(11)14-8/h2-4H,1H3. The van der Waals surface area contributed by atoms with Crippen LogP contribution in [0, 0.1) is 10.8 Å². The van der Waals surface area contributed by atoms with E-state index >= 15 is 0 Å². The van der Waals surface area contributed by atoms with Crippen molar-refractivity contribution in [3.63, 3.8) is 0 Å². The predicted octanol–water partition coefficient (Wildman–Crippen LogP) is 3.41. The van der Waals surface area contributed by atoms with Crippen LogP contribution >= 0.6 is 38.5 Å². The molecule has 0 aliphatic carbocycles. The second-order valence-corrected chi connectivity index (χ2v) is 4.62. The molecule has 0 fully saturated rings. The molecule has 0 saturated heterocycles. The minimum Gasteiger partial charge on any atom is -0.412 e. The number of hydrogen-bond donors (Lipinski definition) is 0. The second kappa shape index (κ2) is 3.98. The summed E-state index contributed by atoms with van der Waals surface area (Å²) in [5.41, 5.74) is 2.11. The van der Waals surface area contributed by atoms with Crippen LogP contribution in [0.1, 0.15) is 5.56 Å². The SMILES string of the molecule is Cc1ccc(-c2nnc(I)o2)c(Br)c1. The molecule has 0 saturated carbocycles. The molecule has 0 aliphatic heterocycles. The molecule has 72 valence electrons. The van der Waals surface area contributed by atoms with Gasteiger partial charge in [0.1, 0.15) is 0 Å². The Morgan fingerprint density at radius 2 is 2.14 bits per heavy atom. The molecule has 0 bridgehead atoms. The molecule has 2 aromatic rings. The average molecular weight is 365 g/mol. The number of benzene rings is 1. The van der Waals surface area contributed by atoms with E-state index in [-0.39, 0.29) is 0 Å². The Morgan fingerprint density at radius 3 is 2.71 bits per heavy atom. The van der Waals surface area contributed by atoms with Crippen LogP contribution in [0.5, 0.6) is 0 Å². The molecule has 0 spiro atoms. The van der Waals surface area contributed by atoms with Gasteiger partial charge in [-0.05, 0) is 40.5 Å². The molecule has 0 radical (unpaired) electrons. The molecule has 1 heterocycles. The van der Waals surface area contributed by atoms with E-state index in [1.54, 1.807) is 0 Å². The summed E-state index contributed by atoms with van der Waals surface area (Å²) in [4.78, 5) is 0. The Morgan fingerprint density at radius 1 is 1.36 bits per heavy atom. The largest absolute Gasteiger partial charge is 0.412 e. The van der Waals surface area contributed by atoms with Crippen molar-refractivity contribution in [1.29, 1.82) is 0 Å². The molecule has 0 N–H and O–H groups in total. The zero-order valence-corrected chi connectivity index (χ0v) is 11.0. The maximum Gasteiger partial charge on any atom is 0.278 e. The first-order valence-electron chi connectivity index (χ1n) is 3.92. The van der Waals surface area contributed by atoms with E-state index in [2.05, 4.69) is 26.1 Å². The monoisotopic (exact) mass is 364 g/mol. The molecule has 1 aromatic carbocycles. The van der Waals surface area contributed by atoms with Crippen LogP contribution < -0.4 is 0 Å². The highest BCUT2D eigenvalue weighted by Crippen LogP contribution is 2.28. The van der Waals surface area contributed by atoms with Crippen molar-refractivity contribution in [2.45, 2.75) is 6.92 Å². The van der Waals surface area contributed by atoms with Crippen LogP contribution in [0.15, 0.2) is 27.1 Å². The Kier molecular flexibility index (Phi) is 2.87. The van der Waals surface area contributed by atoms with Gasteiger partial charge in [-0.2, -0.15) is 0 Å². The van der Waals surface area contributed by atoms with Gasteiger partial charge in [-0.15, -0.1) is 10.2 Å². The summed E-state index contributed by atoms with van der Waals surface area (Å²) in [5.74, 6) is 0.543. The van der Waals surface area contributed by atoms with Crippen molar-refractivity contribution in [2.24, 2.45) is 0 Å². The van der Waals surface area contributed by atoms with Gasteiger partial charge in [-0.1, -0.05) is 6.07 Å². The Labute approximate surface area is 103 Å². The van der Waals surface area contributed by atoms with Crippen molar-refractivity contribution in [3.8, 4) is 11.5 Å². The number of hydrogen-bond acceptors (Lipinski definition) is 3. The highest BCUT2D eigenvalue weighted by atomic mass is 127. The molecule has 3 nitrogen and oxygen atoms in total. The highest BCUT2D eigenvalue weighted by molar-refractivity contribution is 14.1. The van der Waals surface area contributed by atoms with E-state index in [0.717, 1.165) is 10.0 Å². The molecule has 0 unspecified atom stereocenters. The fourth-order valence-corrected chi connectivity index (χ4v) is 2.09. The first kappa shape index (κ1) is 10.1. The fourth-order valence-electron chi connectivity index (χ4n) is 1.11. The lowest BCUT2D eigenvalue weighted by atomic mass is 10.1. The molecule has 14 heavy (non-hydrogen) atoms. The summed E-state index contributed by atoms with van der Waals surface area (Å²) in [7, 11) is 0. The zero-order valence-electron chi connectivity index (χ0n) is 7.29. The van der Waals surface area contributed by atoms with Gasteiger partial charge in [0.25, 0.3) is 3.90 Å². The van der Waals surface area contributed by atoms with Crippen LogP contribution in [-0.4, -0.2) is 10.2 Å². The van der Waals surface area contributed by atoms with Gasteiger partial charge in [0.05, 0.1) is 5.56 Å². The molecule has 1 aromatic heterocycles. The van der Waals surface area contributed by atoms with E-state index in [1.165, 1.54) is 5.56 Å². The van der Waals surface area contributed by atoms with Crippen LogP contribution in [0.2, 0.25) is 0 Å². The topological polar surface area (TPSA) is 38.9 Å². The summed E-state index contributed by atoms with van der Waals surface area (Å²) in [6, 6.07) is 5.99. The van der Waals surface area contributed by atoms with Crippen molar-refractivity contribution >= 4 is 38.5 Å². The van der Waals surface area contributed by atoms with Gasteiger partial charge < -0.3 is 4.42 Å². The van der Waals surface area contributed by atoms with Crippen molar-refractivity contribution < 1.29 is 4.42 Å². The summed E-state index contributed by atoms with van der Waals surface area (Å²) >= 11 is 5.45. The van der Waals surface area contributed by atoms with E-state index in [4.69, 9.17) is 4.42 Å². The lowest BCUT2D eigenvalue weighted by Crippen LogP contribution is -1.81. The lowest BCUT2D eigenvalue weighted by Gasteiger charge is -1.99. The third kappa shape index (κ3) is 1.98. The van der Waals surface area contributed by atoms with E-state index in [1.807, 2.05) is 47.7 Å². The third-order valence-corrected chi connectivity index (χ3v) is 2.85. The number of aryl methyl sites for hydroxylation is 1. The van der Waals surface area contributed by atoms with Gasteiger partial charge in [0.15, 0.2) is 0 Å². The number of aromatic nitrogens is 2. The molecule has 2 rings (SSSR count). The van der Waals surface area contributed by atoms with Crippen LogP contribution in [0.3, 0.4) is 0 Å². The van der Waals surface area contributed by atoms with E-state index in [0.29, 0.717) is 9.79 Å². The maximum atomic E-state index is 5.32. The minimum absolute atomic E-state index is 0.543. The summed E-state index contributed by atoms with van der Waals surface area (Å²) in [6.45, 7) is 2.03. The normalized spacial score (nSPS) is 10.5. The zero-order chi connectivity index (χ0) is 10.1. The van der Waals surface area contributed by atoms with Gasteiger partial charge in [-0.25, -0.2) is 0 Å². The quantitative estimate of drug-likeness (QED) is 0.728. The number of rotatable bonds is 1. The molecular formula is C9H6BrIN2O. The fraction of sp³-hybridized carbons (Fsp3) is 0.111. The summed E-state index contributed by atoms with van der Waals surface area (Å²) in [5, 5.41) is 7.73. The minimum atomic E-state index is 0.543. The molecule has 0 aliphatic rings. The Balaban J connectivity index is 2.52. The van der Waals surface area contributed by atoms with E-state index < -0.39 is 0 Å². The molecule has 0 atom stereocenters. The molecule has 5 heteroatoms. The smallest absolute Gasteiger partial charge is 0.278 e. The number of nitrogens with zero attached hydrogens (tertiary/aromatic N) is 2. The lowest BCUT2D eigenvalue weighted by molar-refractivity contribution is 0.536. The van der Waals surface area contributed by atoms with Gasteiger partial charge in [0.2, 0.25) is 5.89 Å². The maximum absolute atomic E-state index is 5.32. The number of halogens is 2. The Hall–Kier alpha value is -0.430. The molecular weight excluding hydrogens is 359 g/mol. The highest BCUT2D eigenvalue weighted by Gasteiger charge is 2.09. The van der Waals surface area contributed by atoms with Crippen LogP contribution in [0.25, 0.3) is 11.5 Å². The van der Waals surface area contributed by atoms with Crippen molar-refractivity contribution in [2.75, 3.05) is 0 Å². The second-order valence-electron chi connectivity index (χ2n) is 2.84. The van der Waals surface area contributed by atoms with Gasteiger partial charge in [0, 0.05) is 27.1 Å². The van der Waals surface area contributed by atoms with Crippen molar-refractivity contribution in [3.05, 3.63) is 32.1 Å². The third-order valence-electron chi connectivity index (χ3n) is 1.76. The van der Waals surface area contributed by atoms with Crippen molar-refractivity contribution in [1.82, 2.24) is 10.2 Å². The predicted molar refractivity (Wildman–Crippen MR) is 64.9 cm³/mol. The summed E-state index contributed by atoms with van der Waals surface area (Å²) in [6.07, 6.45) is 0. The Bertz CT molecular complexity index is 470. The van der Waals surface area contributed by atoms with Crippen LogP contribution in [0.4, 0.5) is 0 Å². The van der Waals surface area contributed by atoms with Gasteiger partial charge >= 0.3 is 0 Å². The van der Waals surface area contributed by atoms with Crippen LogP contribution in [-0.2, 0) is 0 Å². The van der Waals surface area contributed by atoms with E-state index in [9.17, 15) is 0 Å². The molecule has 0 amide bonds. The summed E-state index contributed by atoms with van der Waals surface area (Å²) < 4.78 is 6.84. The average Bonchev–Trinajstić information content (AvgIpc) is 2.51.